The Morgan fingerprint density at radius 3 is 2.24 bits per heavy atom. The maximum atomic E-state index is 13.5. The molecule has 0 atom stereocenters. The maximum absolute atomic E-state index is 13.5. The standard InChI is InChI=1S/C12H5Cl3FI/c13-8-5-10(15)9(14)4-7(8)6-2-1-3-11(16)12(6)17/h1-5H. The number of halogens is 5. The van der Waals surface area contributed by atoms with E-state index in [1.807, 2.05) is 22.6 Å². The quantitative estimate of drug-likeness (QED) is 0.403. The minimum absolute atomic E-state index is 0.287. The van der Waals surface area contributed by atoms with Crippen LogP contribution in [0.15, 0.2) is 30.3 Å². The highest BCUT2D eigenvalue weighted by Gasteiger charge is 2.12. The van der Waals surface area contributed by atoms with Crippen LogP contribution in [0.2, 0.25) is 15.1 Å². The van der Waals surface area contributed by atoms with Gasteiger partial charge in [0.2, 0.25) is 0 Å². The summed E-state index contributed by atoms with van der Waals surface area (Å²) in [7, 11) is 0. The zero-order chi connectivity index (χ0) is 12.6. The van der Waals surface area contributed by atoms with E-state index >= 15 is 0 Å². The third kappa shape index (κ3) is 2.70. The first-order valence-corrected chi connectivity index (χ1v) is 6.81. The highest BCUT2D eigenvalue weighted by atomic mass is 127. The first kappa shape index (κ1) is 13.4. The van der Waals surface area contributed by atoms with Gasteiger partial charge in [0.25, 0.3) is 0 Å². The first-order valence-electron chi connectivity index (χ1n) is 4.59. The van der Waals surface area contributed by atoms with E-state index in [1.54, 1.807) is 24.3 Å². The van der Waals surface area contributed by atoms with Crippen molar-refractivity contribution >= 4 is 57.4 Å². The zero-order valence-corrected chi connectivity index (χ0v) is 12.7. The van der Waals surface area contributed by atoms with Gasteiger partial charge in [0.1, 0.15) is 5.82 Å². The Morgan fingerprint density at radius 1 is 0.882 bits per heavy atom. The van der Waals surface area contributed by atoms with Crippen molar-refractivity contribution in [3.63, 3.8) is 0 Å². The van der Waals surface area contributed by atoms with Gasteiger partial charge in [-0.3, -0.25) is 0 Å². The van der Waals surface area contributed by atoms with Crippen molar-refractivity contribution in [3.05, 3.63) is 54.8 Å². The lowest BCUT2D eigenvalue weighted by Crippen LogP contribution is -1.89. The van der Waals surface area contributed by atoms with E-state index in [4.69, 9.17) is 34.8 Å². The van der Waals surface area contributed by atoms with Gasteiger partial charge in [-0.05, 0) is 46.4 Å². The van der Waals surface area contributed by atoms with Crippen molar-refractivity contribution in [1.29, 1.82) is 0 Å². The van der Waals surface area contributed by atoms with Gasteiger partial charge in [-0.1, -0.05) is 46.9 Å². The molecule has 0 fully saturated rings. The predicted molar refractivity (Wildman–Crippen MR) is 79.6 cm³/mol. The molecule has 0 heterocycles. The monoisotopic (exact) mass is 400 g/mol. The van der Waals surface area contributed by atoms with Crippen LogP contribution in [0.1, 0.15) is 0 Å². The molecule has 0 aliphatic rings. The van der Waals surface area contributed by atoms with Crippen LogP contribution in [-0.4, -0.2) is 0 Å². The molecule has 0 saturated heterocycles. The van der Waals surface area contributed by atoms with Gasteiger partial charge in [0, 0.05) is 5.56 Å². The van der Waals surface area contributed by atoms with Gasteiger partial charge in [0.05, 0.1) is 18.6 Å². The minimum atomic E-state index is -0.287. The molecule has 0 aliphatic heterocycles. The fraction of sp³-hybridized carbons (Fsp3) is 0. The van der Waals surface area contributed by atoms with Gasteiger partial charge >= 0.3 is 0 Å². The molecule has 17 heavy (non-hydrogen) atoms. The number of hydrogen-bond donors (Lipinski definition) is 0. The van der Waals surface area contributed by atoms with E-state index in [1.165, 1.54) is 6.07 Å². The summed E-state index contributed by atoms with van der Waals surface area (Å²) in [6, 6.07) is 8.02. The fourth-order valence-electron chi connectivity index (χ4n) is 1.44. The van der Waals surface area contributed by atoms with E-state index in [-0.39, 0.29) is 5.82 Å². The highest BCUT2D eigenvalue weighted by molar-refractivity contribution is 14.1. The predicted octanol–water partition coefficient (Wildman–Crippen LogP) is 6.06. The Balaban J connectivity index is 2.69. The van der Waals surface area contributed by atoms with Gasteiger partial charge in [0.15, 0.2) is 0 Å². The van der Waals surface area contributed by atoms with Crippen molar-refractivity contribution in [3.8, 4) is 11.1 Å². The third-order valence-corrected chi connectivity index (χ3v) is 4.38. The Bertz CT molecular complexity index is 584. The molecular formula is C12H5Cl3FI. The third-order valence-electron chi connectivity index (χ3n) is 2.25. The van der Waals surface area contributed by atoms with Crippen molar-refractivity contribution in [2.45, 2.75) is 0 Å². The molecule has 0 nitrogen and oxygen atoms in total. The molecule has 0 unspecified atom stereocenters. The van der Waals surface area contributed by atoms with Crippen molar-refractivity contribution in [1.82, 2.24) is 0 Å². The second kappa shape index (κ2) is 5.31. The SMILES string of the molecule is Fc1cccc(-c2cc(Cl)c(Cl)cc2Cl)c1I. The second-order valence-electron chi connectivity index (χ2n) is 3.35. The van der Waals surface area contributed by atoms with Crippen molar-refractivity contribution in [2.24, 2.45) is 0 Å². The summed E-state index contributed by atoms with van der Waals surface area (Å²) in [6.07, 6.45) is 0. The van der Waals surface area contributed by atoms with E-state index in [0.29, 0.717) is 29.8 Å². The summed E-state index contributed by atoms with van der Waals surface area (Å²) in [4.78, 5) is 0. The lowest BCUT2D eigenvalue weighted by Gasteiger charge is -2.09. The molecule has 0 aliphatic carbocycles. The summed E-state index contributed by atoms with van der Waals surface area (Å²) in [5.74, 6) is -0.287. The molecule has 2 aromatic carbocycles. The lowest BCUT2D eigenvalue weighted by molar-refractivity contribution is 0.621. The largest absolute Gasteiger partial charge is 0.206 e. The fourth-order valence-corrected chi connectivity index (χ4v) is 2.74. The van der Waals surface area contributed by atoms with Gasteiger partial charge < -0.3 is 0 Å². The van der Waals surface area contributed by atoms with Crippen LogP contribution in [0.4, 0.5) is 4.39 Å². The Morgan fingerprint density at radius 2 is 1.53 bits per heavy atom. The number of rotatable bonds is 1. The average Bonchev–Trinajstić information content (AvgIpc) is 2.28. The van der Waals surface area contributed by atoms with E-state index < -0.39 is 0 Å². The lowest BCUT2D eigenvalue weighted by atomic mass is 10.1. The van der Waals surface area contributed by atoms with Crippen LogP contribution in [0.3, 0.4) is 0 Å². The van der Waals surface area contributed by atoms with Crippen LogP contribution in [-0.2, 0) is 0 Å². The van der Waals surface area contributed by atoms with Crippen molar-refractivity contribution in [2.75, 3.05) is 0 Å². The summed E-state index contributed by atoms with van der Waals surface area (Å²) in [5.41, 5.74) is 1.37. The zero-order valence-electron chi connectivity index (χ0n) is 8.28. The molecule has 0 bridgehead atoms. The van der Waals surface area contributed by atoms with E-state index in [0.717, 1.165) is 0 Å². The molecule has 2 rings (SSSR count). The van der Waals surface area contributed by atoms with E-state index in [9.17, 15) is 4.39 Å². The molecule has 2 aromatic rings. The van der Waals surface area contributed by atoms with Crippen molar-refractivity contribution < 1.29 is 4.39 Å². The topological polar surface area (TPSA) is 0 Å². The molecule has 5 heteroatoms. The van der Waals surface area contributed by atoms with E-state index in [2.05, 4.69) is 0 Å². The molecule has 0 radical (unpaired) electrons. The van der Waals surface area contributed by atoms with Gasteiger partial charge in [-0.2, -0.15) is 0 Å². The van der Waals surface area contributed by atoms with Gasteiger partial charge in [-0.15, -0.1) is 0 Å². The molecule has 0 spiro atoms. The molecular weight excluding hydrogens is 396 g/mol. The first-order chi connectivity index (χ1) is 8.00. The second-order valence-corrected chi connectivity index (χ2v) is 5.65. The summed E-state index contributed by atoms with van der Waals surface area (Å²) in [6.45, 7) is 0. The molecule has 0 saturated carbocycles. The van der Waals surface area contributed by atoms with Crippen LogP contribution in [0.5, 0.6) is 0 Å². The molecule has 0 aromatic heterocycles. The highest BCUT2D eigenvalue weighted by Crippen LogP contribution is 2.37. The van der Waals surface area contributed by atoms with Gasteiger partial charge in [-0.25, -0.2) is 4.39 Å². The summed E-state index contributed by atoms with van der Waals surface area (Å²) >= 11 is 19.8. The Hall–Kier alpha value is -0.0300. The molecule has 0 N–H and O–H groups in total. The van der Waals surface area contributed by atoms with Crippen LogP contribution in [0.25, 0.3) is 11.1 Å². The Labute approximate surface area is 127 Å². The van der Waals surface area contributed by atoms with Crippen LogP contribution >= 0.6 is 57.4 Å². The number of hydrogen-bond acceptors (Lipinski definition) is 0. The van der Waals surface area contributed by atoms with Crippen LogP contribution in [0, 0.1) is 9.39 Å². The minimum Gasteiger partial charge on any atom is -0.206 e. The smallest absolute Gasteiger partial charge is 0.137 e. The summed E-state index contributed by atoms with van der Waals surface area (Å²) in [5, 5.41) is 1.22. The average molecular weight is 401 g/mol. The Kier molecular flexibility index (Phi) is 4.18. The molecule has 0 amide bonds. The maximum Gasteiger partial charge on any atom is 0.137 e. The molecule has 88 valence electrons. The van der Waals surface area contributed by atoms with Crippen LogP contribution < -0.4 is 0 Å². The number of benzene rings is 2. The normalized spacial score (nSPS) is 10.6. The summed E-state index contributed by atoms with van der Waals surface area (Å²) < 4.78 is 14.0.